The molecule has 68 valence electrons. The van der Waals surface area contributed by atoms with E-state index in [-0.39, 0.29) is 0 Å². The summed E-state index contributed by atoms with van der Waals surface area (Å²) >= 11 is 0. The number of hydrogen-bond acceptors (Lipinski definition) is 1. The largest absolute Gasteiger partial charge is 0.380 e. The number of benzene rings is 1. The summed E-state index contributed by atoms with van der Waals surface area (Å²) in [5, 5.41) is 2.12. The molecule has 1 aromatic carbocycles. The molecule has 0 aromatic heterocycles. The molecule has 1 heteroatoms. The molecule has 0 unspecified atom stereocenters. The van der Waals surface area contributed by atoms with Crippen LogP contribution in [-0.2, 0) is 4.74 Å². The van der Waals surface area contributed by atoms with Crippen LogP contribution in [0.15, 0.2) is 36.4 Å². The molecule has 1 rings (SSSR count). The van der Waals surface area contributed by atoms with Crippen LogP contribution in [0.4, 0.5) is 0 Å². The Labute approximate surface area is 78.7 Å². The van der Waals surface area contributed by atoms with Crippen molar-refractivity contribution in [2.45, 2.75) is 0 Å². The van der Waals surface area contributed by atoms with E-state index in [1.165, 1.54) is 0 Å². The quantitative estimate of drug-likeness (QED) is 0.666. The Balaban J connectivity index is 3.01. The average molecular weight is 174 g/mol. The Kier molecular flexibility index (Phi) is 3.47. The Morgan fingerprint density at radius 3 is 2.77 bits per heavy atom. The van der Waals surface area contributed by atoms with Crippen molar-refractivity contribution in [2.24, 2.45) is 0 Å². The minimum atomic E-state index is 0.564. The second kappa shape index (κ2) is 4.63. The molecule has 0 spiro atoms. The van der Waals surface area contributed by atoms with Crippen molar-refractivity contribution in [3.63, 3.8) is 0 Å². The zero-order valence-electron chi connectivity index (χ0n) is 7.92. The highest BCUT2D eigenvalue weighted by atomic mass is 16.5. The van der Waals surface area contributed by atoms with Gasteiger partial charge in [-0.3, -0.25) is 0 Å². The smallest absolute Gasteiger partial charge is 0.0707 e. The normalized spacial score (nSPS) is 11.6. The second-order valence-corrected chi connectivity index (χ2v) is 2.93. The van der Waals surface area contributed by atoms with Gasteiger partial charge in [-0.15, -0.1) is 0 Å². The van der Waals surface area contributed by atoms with Gasteiger partial charge in [-0.1, -0.05) is 37.4 Å². The summed E-state index contributed by atoms with van der Waals surface area (Å²) in [6.45, 7) is 8.36. The first kappa shape index (κ1) is 9.75. The van der Waals surface area contributed by atoms with Gasteiger partial charge in [0.05, 0.1) is 6.61 Å². The molecule has 1 aromatic rings. The van der Waals surface area contributed by atoms with Gasteiger partial charge >= 0.3 is 0 Å². The molecule has 1 nitrogen and oxygen atoms in total. The predicted octanol–water partition coefficient (Wildman–Crippen LogP) is 1.08. The summed E-state index contributed by atoms with van der Waals surface area (Å²) in [6.07, 6.45) is 1.99. The molecule has 0 atom stereocenters. The number of hydrogen-bond donors (Lipinski definition) is 0. The lowest BCUT2D eigenvalue weighted by molar-refractivity contribution is 0.230. The van der Waals surface area contributed by atoms with Crippen molar-refractivity contribution >= 4 is 12.7 Å². The summed E-state index contributed by atoms with van der Waals surface area (Å²) in [4.78, 5) is 0. The SMILES string of the molecule is C=C(/C=c1/ccccc1=C)COC. The fourth-order valence-electron chi connectivity index (χ4n) is 1.12. The van der Waals surface area contributed by atoms with Crippen LogP contribution in [0.1, 0.15) is 0 Å². The summed E-state index contributed by atoms with van der Waals surface area (Å²) in [5.74, 6) is 0. The Morgan fingerprint density at radius 1 is 1.46 bits per heavy atom. The van der Waals surface area contributed by atoms with Crippen molar-refractivity contribution in [2.75, 3.05) is 13.7 Å². The summed E-state index contributed by atoms with van der Waals surface area (Å²) in [6, 6.07) is 7.95. The average Bonchev–Trinajstić information content (AvgIpc) is 2.09. The number of rotatable bonds is 3. The Bertz CT molecular complexity index is 390. The third-order valence-corrected chi connectivity index (χ3v) is 1.74. The van der Waals surface area contributed by atoms with Crippen LogP contribution in [0, 0.1) is 0 Å². The van der Waals surface area contributed by atoms with Gasteiger partial charge in [0.1, 0.15) is 0 Å². The maximum absolute atomic E-state index is 4.96. The molecular formula is C12H14O. The maximum atomic E-state index is 4.96. The maximum Gasteiger partial charge on any atom is 0.0707 e. The highest BCUT2D eigenvalue weighted by Crippen LogP contribution is 1.90. The van der Waals surface area contributed by atoms with E-state index in [4.69, 9.17) is 4.74 Å². The van der Waals surface area contributed by atoms with E-state index in [0.717, 1.165) is 16.0 Å². The monoisotopic (exact) mass is 174 g/mol. The molecular weight excluding hydrogens is 160 g/mol. The van der Waals surface area contributed by atoms with Crippen LogP contribution in [0.25, 0.3) is 12.7 Å². The number of ether oxygens (including phenoxy) is 1. The van der Waals surface area contributed by atoms with Crippen LogP contribution >= 0.6 is 0 Å². The molecule has 13 heavy (non-hydrogen) atoms. The van der Waals surface area contributed by atoms with E-state index in [0.29, 0.717) is 6.61 Å². The van der Waals surface area contributed by atoms with Crippen LogP contribution in [0.5, 0.6) is 0 Å². The van der Waals surface area contributed by atoms with Gasteiger partial charge in [-0.2, -0.15) is 0 Å². The molecule has 0 fully saturated rings. The van der Waals surface area contributed by atoms with Crippen molar-refractivity contribution in [3.8, 4) is 0 Å². The van der Waals surface area contributed by atoms with Gasteiger partial charge in [-0.25, -0.2) is 0 Å². The van der Waals surface area contributed by atoms with Crippen LogP contribution in [0.3, 0.4) is 0 Å². The van der Waals surface area contributed by atoms with Gasteiger partial charge in [0.25, 0.3) is 0 Å². The van der Waals surface area contributed by atoms with E-state index in [1.54, 1.807) is 7.11 Å². The molecule has 0 aliphatic carbocycles. The van der Waals surface area contributed by atoms with Gasteiger partial charge in [0.2, 0.25) is 0 Å². The fraction of sp³-hybridized carbons (Fsp3) is 0.167. The second-order valence-electron chi connectivity index (χ2n) is 2.93. The lowest BCUT2D eigenvalue weighted by Crippen LogP contribution is -2.22. The van der Waals surface area contributed by atoms with Crippen molar-refractivity contribution in [1.29, 1.82) is 0 Å². The molecule has 0 aliphatic rings. The first-order chi connectivity index (χ1) is 6.24. The Morgan fingerprint density at radius 2 is 2.15 bits per heavy atom. The molecule has 0 amide bonds. The first-order valence-electron chi connectivity index (χ1n) is 4.16. The lowest BCUT2D eigenvalue weighted by atomic mass is 10.2. The van der Waals surface area contributed by atoms with Crippen LogP contribution in [-0.4, -0.2) is 13.7 Å². The highest BCUT2D eigenvalue weighted by molar-refractivity contribution is 5.45. The third kappa shape index (κ3) is 2.88. The molecule has 0 radical (unpaired) electrons. The van der Waals surface area contributed by atoms with Gasteiger partial charge < -0.3 is 4.74 Å². The summed E-state index contributed by atoms with van der Waals surface area (Å²) < 4.78 is 4.96. The standard InChI is InChI=1S/C12H14O/c1-10(9-13-3)8-12-7-5-4-6-11(12)2/h4-8H,1-2,9H2,3H3/b12-8-. The molecule has 0 saturated carbocycles. The van der Waals surface area contributed by atoms with E-state index in [2.05, 4.69) is 13.2 Å². The van der Waals surface area contributed by atoms with E-state index >= 15 is 0 Å². The summed E-state index contributed by atoms with van der Waals surface area (Å²) in [5.41, 5.74) is 0.957. The topological polar surface area (TPSA) is 9.23 Å². The summed E-state index contributed by atoms with van der Waals surface area (Å²) in [7, 11) is 1.66. The minimum Gasteiger partial charge on any atom is -0.380 e. The molecule has 0 heterocycles. The molecule has 0 saturated heterocycles. The van der Waals surface area contributed by atoms with Crippen molar-refractivity contribution in [3.05, 3.63) is 46.9 Å². The zero-order valence-corrected chi connectivity index (χ0v) is 7.92. The van der Waals surface area contributed by atoms with E-state index in [9.17, 15) is 0 Å². The minimum absolute atomic E-state index is 0.564. The van der Waals surface area contributed by atoms with E-state index in [1.807, 2.05) is 30.3 Å². The van der Waals surface area contributed by atoms with Gasteiger partial charge in [-0.05, 0) is 22.1 Å². The van der Waals surface area contributed by atoms with Crippen LogP contribution < -0.4 is 10.4 Å². The Hall–Kier alpha value is -1.34. The van der Waals surface area contributed by atoms with Gasteiger partial charge in [0.15, 0.2) is 0 Å². The highest BCUT2D eigenvalue weighted by Gasteiger charge is 1.87. The van der Waals surface area contributed by atoms with Crippen molar-refractivity contribution < 1.29 is 4.74 Å². The third-order valence-electron chi connectivity index (χ3n) is 1.74. The van der Waals surface area contributed by atoms with Gasteiger partial charge in [0, 0.05) is 7.11 Å². The first-order valence-corrected chi connectivity index (χ1v) is 4.16. The van der Waals surface area contributed by atoms with E-state index < -0.39 is 0 Å². The number of methoxy groups -OCH3 is 1. The molecule has 0 aliphatic heterocycles. The molecule has 0 bridgehead atoms. The van der Waals surface area contributed by atoms with Crippen molar-refractivity contribution in [1.82, 2.24) is 0 Å². The molecule has 0 N–H and O–H groups in total. The predicted molar refractivity (Wildman–Crippen MR) is 56.7 cm³/mol. The zero-order chi connectivity index (χ0) is 9.68. The van der Waals surface area contributed by atoms with Crippen LogP contribution in [0.2, 0.25) is 0 Å². The lowest BCUT2D eigenvalue weighted by Gasteiger charge is -1.96. The fourth-order valence-corrected chi connectivity index (χ4v) is 1.12.